The lowest BCUT2D eigenvalue weighted by molar-refractivity contribution is 0.0805. The number of phenolic OH excluding ortho intramolecular Hbond substituents is 1. The van der Waals surface area contributed by atoms with Crippen LogP contribution < -0.4 is 0 Å². The summed E-state index contributed by atoms with van der Waals surface area (Å²) >= 11 is 5.99. The zero-order valence-corrected chi connectivity index (χ0v) is 20.7. The van der Waals surface area contributed by atoms with Crippen molar-refractivity contribution < 1.29 is 18.3 Å². The van der Waals surface area contributed by atoms with Gasteiger partial charge in [0.1, 0.15) is 16.1 Å². The number of benzene rings is 1. The fraction of sp³-hybridized carbons (Fsp3) is 0.440. The molecule has 0 radical (unpaired) electrons. The van der Waals surface area contributed by atoms with Crippen LogP contribution in [0.25, 0.3) is 0 Å². The highest BCUT2D eigenvalue weighted by Crippen LogP contribution is 2.50. The van der Waals surface area contributed by atoms with Crippen molar-refractivity contribution in [1.82, 2.24) is 4.98 Å². The van der Waals surface area contributed by atoms with Gasteiger partial charge in [0.05, 0.1) is 22.9 Å². The van der Waals surface area contributed by atoms with Gasteiger partial charge in [-0.1, -0.05) is 31.5 Å². The van der Waals surface area contributed by atoms with E-state index < -0.39 is 26.8 Å². The quantitative estimate of drug-likeness (QED) is 0.515. The summed E-state index contributed by atoms with van der Waals surface area (Å²) in [6, 6.07) is 9.93. The molecule has 1 heterocycles. The van der Waals surface area contributed by atoms with Crippen LogP contribution in [0.15, 0.2) is 41.6 Å². The van der Waals surface area contributed by atoms with E-state index >= 15 is 0 Å². The van der Waals surface area contributed by atoms with Crippen molar-refractivity contribution in [3.05, 3.63) is 52.8 Å². The normalized spacial score (nSPS) is 21.9. The fourth-order valence-electron chi connectivity index (χ4n) is 5.14. The second-order valence-corrected chi connectivity index (χ2v) is 12.0. The Morgan fingerprint density at radius 3 is 2.62 bits per heavy atom. The molecule has 1 N–H and O–H groups in total. The average Bonchev–Trinajstić information content (AvgIpc) is 2.76. The number of rotatable bonds is 7. The molecule has 1 aliphatic carbocycles. The Bertz CT molecular complexity index is 1260. The number of ketones is 1. The molecule has 178 valence electrons. The van der Waals surface area contributed by atoms with Gasteiger partial charge in [0, 0.05) is 24.4 Å². The highest BCUT2D eigenvalue weighted by Gasteiger charge is 2.45. The minimum absolute atomic E-state index is 0.0824. The van der Waals surface area contributed by atoms with Crippen LogP contribution in [0.3, 0.4) is 0 Å². The topological polar surface area (TPSA) is 132 Å². The number of aromatic hydroxyl groups is 1. The van der Waals surface area contributed by atoms with E-state index in [1.165, 1.54) is 36.7 Å². The van der Waals surface area contributed by atoms with Gasteiger partial charge in [-0.2, -0.15) is 10.5 Å². The predicted octanol–water partition coefficient (Wildman–Crippen LogP) is 5.24. The molecule has 9 heteroatoms. The molecule has 0 spiro atoms. The summed E-state index contributed by atoms with van der Waals surface area (Å²) < 4.78 is 25.7. The van der Waals surface area contributed by atoms with Gasteiger partial charge in [-0.15, -0.1) is 0 Å². The van der Waals surface area contributed by atoms with Gasteiger partial charge >= 0.3 is 0 Å². The highest BCUT2D eigenvalue weighted by atomic mass is 35.5. The lowest BCUT2D eigenvalue weighted by Crippen LogP contribution is -2.37. The molecule has 0 amide bonds. The summed E-state index contributed by atoms with van der Waals surface area (Å²) in [5.74, 6) is -0.898. The van der Waals surface area contributed by atoms with E-state index in [0.29, 0.717) is 24.8 Å². The Morgan fingerprint density at radius 2 is 1.97 bits per heavy atom. The Hall–Kier alpha value is -2.94. The second-order valence-electron chi connectivity index (χ2n) is 9.66. The molecule has 1 aliphatic rings. The molecule has 3 rings (SSSR count). The zero-order chi connectivity index (χ0) is 25.1. The summed E-state index contributed by atoms with van der Waals surface area (Å²) in [5, 5.41) is 29.0. The number of carbonyl (C=O) groups is 1. The minimum atomic E-state index is -3.98. The molecule has 2 atom stereocenters. The number of nitriles is 2. The monoisotopic (exact) mass is 499 g/mol. The number of pyridine rings is 1. The van der Waals surface area contributed by atoms with Gasteiger partial charge in [-0.05, 0) is 60.8 Å². The standard InChI is InChI=1S/C25H26ClN3O4S/c1-17-9-24(2,14-25(10-17,15-27)16-28)7-6-21(30)19-8-18(11-29-12-19)13-34(32,33)23-20(26)4-3-5-22(23)31/h3-5,8,11-12,17,31H,6-7,9-10,13-14H2,1-2H3. The van der Waals surface area contributed by atoms with Crippen molar-refractivity contribution in [3.8, 4) is 17.9 Å². The lowest BCUT2D eigenvalue weighted by Gasteiger charge is -2.42. The van der Waals surface area contributed by atoms with E-state index in [2.05, 4.69) is 17.1 Å². The van der Waals surface area contributed by atoms with Crippen LogP contribution >= 0.6 is 11.6 Å². The molecule has 0 saturated heterocycles. The van der Waals surface area contributed by atoms with Gasteiger partial charge < -0.3 is 5.11 Å². The van der Waals surface area contributed by atoms with Crippen LogP contribution in [0, 0.1) is 39.4 Å². The Balaban J connectivity index is 1.74. The van der Waals surface area contributed by atoms with E-state index in [4.69, 9.17) is 11.6 Å². The first-order valence-corrected chi connectivity index (χ1v) is 13.0. The summed E-state index contributed by atoms with van der Waals surface area (Å²) in [6.07, 6.45) is 5.24. The van der Waals surface area contributed by atoms with Crippen LogP contribution in [-0.4, -0.2) is 24.3 Å². The number of phenols is 1. The van der Waals surface area contributed by atoms with Gasteiger partial charge in [-0.3, -0.25) is 9.78 Å². The SMILES string of the molecule is CC1CC(C#N)(C#N)CC(C)(CCC(=O)c2cncc(CS(=O)(=O)c3c(O)cccc3Cl)c2)C1. The first-order chi connectivity index (χ1) is 15.9. The van der Waals surface area contributed by atoms with Crippen molar-refractivity contribution in [3.63, 3.8) is 0 Å². The maximum absolute atomic E-state index is 12.9. The van der Waals surface area contributed by atoms with Crippen LogP contribution in [-0.2, 0) is 15.6 Å². The predicted molar refractivity (Wildman–Crippen MR) is 127 cm³/mol. The molecule has 0 bridgehead atoms. The molecule has 0 aliphatic heterocycles. The van der Waals surface area contributed by atoms with Crippen LogP contribution in [0.5, 0.6) is 5.75 Å². The van der Waals surface area contributed by atoms with Crippen molar-refractivity contribution in [2.75, 3.05) is 0 Å². The van der Waals surface area contributed by atoms with Crippen molar-refractivity contribution >= 4 is 27.2 Å². The molecular weight excluding hydrogens is 474 g/mol. The lowest BCUT2D eigenvalue weighted by atomic mass is 9.59. The average molecular weight is 500 g/mol. The van der Waals surface area contributed by atoms with Crippen LogP contribution in [0.1, 0.15) is 61.9 Å². The van der Waals surface area contributed by atoms with E-state index in [0.717, 1.165) is 6.42 Å². The molecule has 1 fully saturated rings. The molecular formula is C25H26ClN3O4S. The summed E-state index contributed by atoms with van der Waals surface area (Å²) in [6.45, 7) is 4.03. The molecule has 2 unspecified atom stereocenters. The van der Waals surface area contributed by atoms with Gasteiger partial charge in [0.25, 0.3) is 0 Å². The fourth-order valence-corrected chi connectivity index (χ4v) is 7.16. The summed E-state index contributed by atoms with van der Waals surface area (Å²) in [5.41, 5.74) is -0.768. The van der Waals surface area contributed by atoms with E-state index in [1.807, 2.05) is 13.8 Å². The van der Waals surface area contributed by atoms with Gasteiger partial charge in [-0.25, -0.2) is 8.42 Å². The summed E-state index contributed by atoms with van der Waals surface area (Å²) in [4.78, 5) is 16.6. The van der Waals surface area contributed by atoms with E-state index in [9.17, 15) is 28.8 Å². The molecule has 2 aromatic rings. The maximum Gasteiger partial charge on any atom is 0.187 e. The third-order valence-corrected chi connectivity index (χ3v) is 8.57. The van der Waals surface area contributed by atoms with E-state index in [-0.39, 0.29) is 39.0 Å². The Labute approximate surface area is 204 Å². The Morgan fingerprint density at radius 1 is 1.26 bits per heavy atom. The number of halogens is 1. The largest absolute Gasteiger partial charge is 0.507 e. The number of nitrogens with zero attached hydrogens (tertiary/aromatic N) is 3. The summed E-state index contributed by atoms with van der Waals surface area (Å²) in [7, 11) is -3.98. The number of carbonyl (C=O) groups excluding carboxylic acids is 1. The Kier molecular flexibility index (Phi) is 7.35. The third kappa shape index (κ3) is 5.58. The van der Waals surface area contributed by atoms with Crippen molar-refractivity contribution in [1.29, 1.82) is 10.5 Å². The van der Waals surface area contributed by atoms with Crippen molar-refractivity contribution in [2.45, 2.75) is 56.6 Å². The maximum atomic E-state index is 12.9. The highest BCUT2D eigenvalue weighted by molar-refractivity contribution is 7.90. The molecule has 1 aromatic heterocycles. The van der Waals surface area contributed by atoms with Crippen molar-refractivity contribution in [2.24, 2.45) is 16.7 Å². The number of aromatic nitrogens is 1. The van der Waals surface area contributed by atoms with Gasteiger partial charge in [0.2, 0.25) is 0 Å². The minimum Gasteiger partial charge on any atom is -0.507 e. The molecule has 1 saturated carbocycles. The zero-order valence-electron chi connectivity index (χ0n) is 19.1. The number of hydrogen-bond acceptors (Lipinski definition) is 7. The smallest absolute Gasteiger partial charge is 0.187 e. The van der Waals surface area contributed by atoms with Crippen LogP contribution in [0.4, 0.5) is 0 Å². The molecule has 1 aromatic carbocycles. The van der Waals surface area contributed by atoms with Crippen LogP contribution in [0.2, 0.25) is 5.02 Å². The third-order valence-electron chi connectivity index (χ3n) is 6.38. The van der Waals surface area contributed by atoms with Gasteiger partial charge in [0.15, 0.2) is 15.6 Å². The number of sulfone groups is 1. The number of Topliss-reactive ketones (excluding diaryl/α,β-unsaturated/α-hetero) is 1. The first-order valence-electron chi connectivity index (χ1n) is 10.9. The van der Waals surface area contributed by atoms with E-state index in [1.54, 1.807) is 0 Å². The molecule has 34 heavy (non-hydrogen) atoms. The molecule has 7 nitrogen and oxygen atoms in total. The second kappa shape index (κ2) is 9.74. The first kappa shape index (κ1) is 25.7. The number of hydrogen-bond donors (Lipinski definition) is 1.